The zero-order valence-corrected chi connectivity index (χ0v) is 17.1. The van der Waals surface area contributed by atoms with Crippen molar-refractivity contribution >= 4 is 5.91 Å². The van der Waals surface area contributed by atoms with Gasteiger partial charge in [0.15, 0.2) is 0 Å². The molecule has 1 rings (SSSR count). The normalized spacial score (nSPS) is 14.0. The summed E-state index contributed by atoms with van der Waals surface area (Å²) in [6, 6.07) is 0. The molecule has 2 heteroatoms. The molecule has 1 saturated carbocycles. The fourth-order valence-electron chi connectivity index (χ4n) is 3.38. The maximum absolute atomic E-state index is 11.7. The second-order valence-electron chi connectivity index (χ2n) is 7.27. The molecule has 144 valence electrons. The molecule has 0 unspecified atom stereocenters. The third-order valence-corrected chi connectivity index (χ3v) is 5.11. The summed E-state index contributed by atoms with van der Waals surface area (Å²) in [5.41, 5.74) is 0. The lowest BCUT2D eigenvalue weighted by atomic mass is 10.0. The predicted molar refractivity (Wildman–Crippen MR) is 107 cm³/mol. The lowest BCUT2D eigenvalue weighted by Crippen LogP contribution is -2.30. The Balaban J connectivity index is 0.000000728. The van der Waals surface area contributed by atoms with Gasteiger partial charge in [0.2, 0.25) is 5.91 Å². The van der Waals surface area contributed by atoms with E-state index in [0.29, 0.717) is 5.91 Å². The molecule has 24 heavy (non-hydrogen) atoms. The van der Waals surface area contributed by atoms with Crippen LogP contribution in [0.5, 0.6) is 0 Å². The van der Waals surface area contributed by atoms with Crippen LogP contribution in [0.15, 0.2) is 0 Å². The molecule has 0 N–H and O–H groups in total. The Kier molecular flexibility index (Phi) is 18.4. The summed E-state index contributed by atoms with van der Waals surface area (Å²) < 4.78 is 0. The molecule has 0 aromatic carbocycles. The van der Waals surface area contributed by atoms with Gasteiger partial charge in [-0.1, -0.05) is 96.8 Å². The van der Waals surface area contributed by atoms with Crippen LogP contribution in [0.3, 0.4) is 0 Å². The van der Waals surface area contributed by atoms with Gasteiger partial charge in [-0.2, -0.15) is 0 Å². The number of rotatable bonds is 12. The second kappa shape index (κ2) is 18.8. The van der Waals surface area contributed by atoms with Crippen molar-refractivity contribution in [2.75, 3.05) is 13.1 Å². The largest absolute Gasteiger partial charge is 0.343 e. The number of amides is 1. The van der Waals surface area contributed by atoms with Crippen LogP contribution in [0.2, 0.25) is 0 Å². The van der Waals surface area contributed by atoms with E-state index in [-0.39, 0.29) is 0 Å². The van der Waals surface area contributed by atoms with Crippen molar-refractivity contribution in [1.82, 2.24) is 4.90 Å². The highest BCUT2D eigenvalue weighted by atomic mass is 16.2. The Bertz CT molecular complexity index is 245. The smallest absolute Gasteiger partial charge is 0.222 e. The Morgan fingerprint density at radius 2 is 1.00 bits per heavy atom. The number of hydrogen-bond acceptors (Lipinski definition) is 1. The fraction of sp³-hybridized carbons (Fsp3) is 0.955. The highest BCUT2D eigenvalue weighted by Crippen LogP contribution is 2.15. The van der Waals surface area contributed by atoms with E-state index in [0.717, 1.165) is 25.9 Å². The molecule has 0 aromatic heterocycles. The molecular formula is C22H45NO. The van der Waals surface area contributed by atoms with Gasteiger partial charge in [0.1, 0.15) is 0 Å². The average molecular weight is 340 g/mol. The summed E-state index contributed by atoms with van der Waals surface area (Å²) in [6.07, 6.45) is 21.6. The molecule has 1 aliphatic carbocycles. The van der Waals surface area contributed by atoms with Gasteiger partial charge >= 0.3 is 0 Å². The van der Waals surface area contributed by atoms with Crippen molar-refractivity contribution in [3.63, 3.8) is 0 Å². The van der Waals surface area contributed by atoms with Crippen LogP contribution in [0, 0.1) is 0 Å². The van der Waals surface area contributed by atoms with Crippen LogP contribution in [0.25, 0.3) is 0 Å². The third-order valence-electron chi connectivity index (χ3n) is 5.11. The first-order valence-electron chi connectivity index (χ1n) is 11.0. The van der Waals surface area contributed by atoms with Gasteiger partial charge in [0.05, 0.1) is 0 Å². The summed E-state index contributed by atoms with van der Waals surface area (Å²) in [5, 5.41) is 0. The molecule has 0 atom stereocenters. The van der Waals surface area contributed by atoms with Crippen molar-refractivity contribution in [2.45, 2.75) is 124 Å². The van der Waals surface area contributed by atoms with Crippen molar-refractivity contribution in [3.05, 3.63) is 0 Å². The molecule has 0 heterocycles. The molecule has 0 spiro atoms. The van der Waals surface area contributed by atoms with E-state index in [2.05, 4.69) is 20.8 Å². The van der Waals surface area contributed by atoms with E-state index in [1.165, 1.54) is 89.9 Å². The maximum Gasteiger partial charge on any atom is 0.222 e. The summed E-state index contributed by atoms with van der Waals surface area (Å²) in [4.78, 5) is 13.7. The zero-order valence-electron chi connectivity index (χ0n) is 17.1. The quantitative estimate of drug-likeness (QED) is 0.347. The minimum atomic E-state index is 0.336. The maximum atomic E-state index is 11.7. The highest BCUT2D eigenvalue weighted by Gasteiger charge is 2.07. The number of nitrogens with zero attached hydrogens (tertiary/aromatic N) is 1. The van der Waals surface area contributed by atoms with Gasteiger partial charge in [-0.25, -0.2) is 0 Å². The Morgan fingerprint density at radius 1 is 0.625 bits per heavy atom. The van der Waals surface area contributed by atoms with Crippen molar-refractivity contribution in [3.8, 4) is 0 Å². The van der Waals surface area contributed by atoms with E-state index >= 15 is 0 Å². The standard InChI is InChI=1S/C16H33NO.C6H12/c1-4-7-8-9-10-11-12-13-14-15-16(18)17(5-2)6-3;1-2-4-6-5-3-1/h4-15H2,1-3H3;1-6H2. The SMILES string of the molecule is C1CCCCC1.CCCCCCCCCCCC(=O)N(CC)CC. The number of unbranched alkanes of at least 4 members (excludes halogenated alkanes) is 8. The van der Waals surface area contributed by atoms with Gasteiger partial charge in [-0.05, 0) is 20.3 Å². The third kappa shape index (κ3) is 15.0. The van der Waals surface area contributed by atoms with E-state index < -0.39 is 0 Å². The predicted octanol–water partition coefficient (Wildman–Crippen LogP) is 7.12. The molecule has 1 aliphatic rings. The summed E-state index contributed by atoms with van der Waals surface area (Å²) >= 11 is 0. The van der Waals surface area contributed by atoms with Crippen molar-refractivity contribution < 1.29 is 4.79 Å². The number of carbonyl (C=O) groups is 1. The first kappa shape index (κ1) is 23.5. The average Bonchev–Trinajstić information content (AvgIpc) is 2.63. The van der Waals surface area contributed by atoms with Crippen LogP contribution in [-0.4, -0.2) is 23.9 Å². The van der Waals surface area contributed by atoms with Crippen molar-refractivity contribution in [2.24, 2.45) is 0 Å². The molecule has 0 aliphatic heterocycles. The fourth-order valence-corrected chi connectivity index (χ4v) is 3.38. The Labute approximate surface area is 152 Å². The van der Waals surface area contributed by atoms with E-state index in [1.54, 1.807) is 0 Å². The molecular weight excluding hydrogens is 294 g/mol. The first-order chi connectivity index (χ1) is 11.8. The second-order valence-corrected chi connectivity index (χ2v) is 7.27. The molecule has 2 nitrogen and oxygen atoms in total. The topological polar surface area (TPSA) is 20.3 Å². The van der Waals surface area contributed by atoms with Crippen LogP contribution in [-0.2, 0) is 4.79 Å². The van der Waals surface area contributed by atoms with E-state index in [9.17, 15) is 4.79 Å². The Hall–Kier alpha value is -0.530. The van der Waals surface area contributed by atoms with E-state index in [4.69, 9.17) is 0 Å². The van der Waals surface area contributed by atoms with Gasteiger partial charge in [0, 0.05) is 19.5 Å². The Morgan fingerprint density at radius 3 is 1.38 bits per heavy atom. The number of carbonyl (C=O) groups excluding carboxylic acids is 1. The van der Waals surface area contributed by atoms with Crippen LogP contribution >= 0.6 is 0 Å². The van der Waals surface area contributed by atoms with Gasteiger partial charge in [-0.3, -0.25) is 4.79 Å². The minimum absolute atomic E-state index is 0.336. The van der Waals surface area contributed by atoms with E-state index in [1.807, 2.05) is 4.90 Å². The monoisotopic (exact) mass is 339 g/mol. The summed E-state index contributed by atoms with van der Waals surface area (Å²) in [5.74, 6) is 0.336. The van der Waals surface area contributed by atoms with Gasteiger partial charge < -0.3 is 4.90 Å². The zero-order chi connectivity index (χ0) is 17.9. The molecule has 0 saturated heterocycles. The van der Waals surface area contributed by atoms with Crippen molar-refractivity contribution in [1.29, 1.82) is 0 Å². The molecule has 0 aromatic rings. The van der Waals surface area contributed by atoms with Crippen LogP contribution < -0.4 is 0 Å². The van der Waals surface area contributed by atoms with Gasteiger partial charge in [-0.15, -0.1) is 0 Å². The minimum Gasteiger partial charge on any atom is -0.343 e. The first-order valence-corrected chi connectivity index (χ1v) is 11.0. The van der Waals surface area contributed by atoms with Crippen LogP contribution in [0.1, 0.15) is 124 Å². The lowest BCUT2D eigenvalue weighted by Gasteiger charge is -2.18. The van der Waals surface area contributed by atoms with Gasteiger partial charge in [0.25, 0.3) is 0 Å². The molecule has 1 fully saturated rings. The molecule has 0 radical (unpaired) electrons. The summed E-state index contributed by atoms with van der Waals surface area (Å²) in [7, 11) is 0. The number of hydrogen-bond donors (Lipinski definition) is 0. The lowest BCUT2D eigenvalue weighted by molar-refractivity contribution is -0.130. The van der Waals surface area contributed by atoms with Crippen LogP contribution in [0.4, 0.5) is 0 Å². The molecule has 1 amide bonds. The highest BCUT2D eigenvalue weighted by molar-refractivity contribution is 5.75. The summed E-state index contributed by atoms with van der Waals surface area (Å²) in [6.45, 7) is 8.07. The molecule has 0 bridgehead atoms.